The minimum absolute atomic E-state index is 0.0116. The fourth-order valence-corrected chi connectivity index (χ4v) is 3.94. The van der Waals surface area contributed by atoms with E-state index in [4.69, 9.17) is 9.47 Å². The Bertz CT molecular complexity index is 788. The highest BCUT2D eigenvalue weighted by molar-refractivity contribution is 7.89. The molecule has 2 N–H and O–H groups in total. The predicted molar refractivity (Wildman–Crippen MR) is 92.4 cm³/mol. The molecule has 2 atom stereocenters. The zero-order valence-electron chi connectivity index (χ0n) is 14.9. The summed E-state index contributed by atoms with van der Waals surface area (Å²) >= 11 is 0. The number of hydrogen-bond donors (Lipinski definition) is 2. The molecule has 1 aliphatic rings. The molecule has 1 heterocycles. The topological polar surface area (TPSA) is 119 Å². The fraction of sp³-hybridized carbons (Fsp3) is 0.529. The number of sulfonamides is 1. The number of ether oxygens (including phenoxy) is 2. The SMILES string of the molecule is CCOC(=O)C1Cc2cc(S(=O)(=O)N[C@H](CC(C)C)C(=O)O)ccc2O1. The van der Waals surface area contributed by atoms with Crippen molar-refractivity contribution in [2.75, 3.05) is 6.61 Å². The van der Waals surface area contributed by atoms with Gasteiger partial charge in [-0.3, -0.25) is 4.79 Å². The van der Waals surface area contributed by atoms with Crippen molar-refractivity contribution in [3.8, 4) is 5.75 Å². The molecule has 8 nitrogen and oxygen atoms in total. The van der Waals surface area contributed by atoms with Crippen LogP contribution in [0.5, 0.6) is 5.75 Å². The van der Waals surface area contributed by atoms with Crippen LogP contribution in [0.15, 0.2) is 23.1 Å². The molecule has 0 radical (unpaired) electrons. The van der Waals surface area contributed by atoms with E-state index < -0.39 is 34.1 Å². The minimum Gasteiger partial charge on any atom is -0.480 e. The van der Waals surface area contributed by atoms with Gasteiger partial charge in [0.05, 0.1) is 11.5 Å². The van der Waals surface area contributed by atoms with Crippen LogP contribution in [-0.4, -0.2) is 44.2 Å². The van der Waals surface area contributed by atoms with Gasteiger partial charge in [-0.15, -0.1) is 0 Å². The Kier molecular flexibility index (Phi) is 6.25. The molecule has 9 heteroatoms. The first-order chi connectivity index (χ1) is 12.1. The number of benzene rings is 1. The maximum absolute atomic E-state index is 12.5. The molecule has 0 saturated carbocycles. The maximum atomic E-state index is 12.5. The number of aliphatic carboxylic acids is 1. The monoisotopic (exact) mass is 385 g/mol. The molecule has 0 aromatic heterocycles. The van der Waals surface area contributed by atoms with Gasteiger partial charge in [0.15, 0.2) is 6.10 Å². The van der Waals surface area contributed by atoms with Gasteiger partial charge in [-0.05, 0) is 43.0 Å². The van der Waals surface area contributed by atoms with Gasteiger partial charge in [-0.2, -0.15) is 4.72 Å². The van der Waals surface area contributed by atoms with Gasteiger partial charge in [0, 0.05) is 6.42 Å². The third-order valence-electron chi connectivity index (χ3n) is 3.87. The summed E-state index contributed by atoms with van der Waals surface area (Å²) in [5.41, 5.74) is 0.557. The van der Waals surface area contributed by atoms with Gasteiger partial charge in [-0.25, -0.2) is 13.2 Å². The Balaban J connectivity index is 2.19. The lowest BCUT2D eigenvalue weighted by molar-refractivity contribution is -0.150. The molecule has 0 saturated heterocycles. The average molecular weight is 385 g/mol. The van der Waals surface area contributed by atoms with Gasteiger partial charge in [0.25, 0.3) is 0 Å². The molecule has 1 aromatic rings. The maximum Gasteiger partial charge on any atom is 0.347 e. The summed E-state index contributed by atoms with van der Waals surface area (Å²) in [7, 11) is -4.02. The lowest BCUT2D eigenvalue weighted by atomic mass is 10.1. The molecule has 144 valence electrons. The zero-order chi connectivity index (χ0) is 19.5. The summed E-state index contributed by atoms with van der Waals surface area (Å²) in [5.74, 6) is -1.31. The number of carboxylic acids is 1. The van der Waals surface area contributed by atoms with Crippen molar-refractivity contribution in [1.29, 1.82) is 0 Å². The number of fused-ring (bicyclic) bond motifs is 1. The van der Waals surface area contributed by atoms with Crippen LogP contribution in [0.2, 0.25) is 0 Å². The van der Waals surface area contributed by atoms with Crippen molar-refractivity contribution >= 4 is 22.0 Å². The standard InChI is InChI=1S/C17H23NO7S/c1-4-24-17(21)15-9-11-8-12(5-6-14(11)25-15)26(22,23)18-13(16(19)20)7-10(2)3/h5-6,8,10,13,15,18H,4,7,9H2,1-3H3,(H,19,20)/t13-,15?/m1/s1. The second kappa shape index (κ2) is 8.05. The van der Waals surface area contributed by atoms with Crippen LogP contribution >= 0.6 is 0 Å². The third kappa shape index (κ3) is 4.73. The lowest BCUT2D eigenvalue weighted by Crippen LogP contribution is -2.41. The number of hydrogen-bond acceptors (Lipinski definition) is 6. The molecule has 0 spiro atoms. The van der Waals surface area contributed by atoms with Crippen molar-refractivity contribution in [1.82, 2.24) is 4.72 Å². The first kappa shape index (κ1) is 20.2. The molecule has 2 rings (SSSR count). The van der Waals surface area contributed by atoms with E-state index in [1.807, 2.05) is 13.8 Å². The molecular formula is C17H23NO7S. The summed E-state index contributed by atoms with van der Waals surface area (Å²) in [6, 6.07) is 2.96. The highest BCUT2D eigenvalue weighted by Crippen LogP contribution is 2.31. The summed E-state index contributed by atoms with van der Waals surface area (Å²) in [6.07, 6.45) is -0.428. The van der Waals surface area contributed by atoms with Crippen LogP contribution in [-0.2, 0) is 30.8 Å². The summed E-state index contributed by atoms with van der Waals surface area (Å²) in [6.45, 7) is 5.54. The summed E-state index contributed by atoms with van der Waals surface area (Å²) in [5, 5.41) is 9.24. The first-order valence-electron chi connectivity index (χ1n) is 8.35. The van der Waals surface area contributed by atoms with E-state index in [2.05, 4.69) is 4.72 Å². The number of carboxylic acid groups (broad SMARTS) is 1. The van der Waals surface area contributed by atoms with Gasteiger partial charge < -0.3 is 14.6 Å². The van der Waals surface area contributed by atoms with E-state index in [0.717, 1.165) is 0 Å². The largest absolute Gasteiger partial charge is 0.480 e. The normalized spacial score (nSPS) is 17.5. The fourth-order valence-electron chi connectivity index (χ4n) is 2.68. The predicted octanol–water partition coefficient (Wildman–Crippen LogP) is 1.33. The van der Waals surface area contributed by atoms with E-state index >= 15 is 0 Å². The van der Waals surface area contributed by atoms with Crippen LogP contribution in [0.1, 0.15) is 32.8 Å². The Morgan fingerprint density at radius 1 is 1.38 bits per heavy atom. The van der Waals surface area contributed by atoms with Gasteiger partial charge in [0.1, 0.15) is 11.8 Å². The van der Waals surface area contributed by atoms with E-state index in [-0.39, 0.29) is 30.3 Å². The van der Waals surface area contributed by atoms with Crippen molar-refractivity contribution < 1.29 is 32.6 Å². The molecule has 0 bridgehead atoms. The van der Waals surface area contributed by atoms with E-state index in [9.17, 15) is 23.1 Å². The highest BCUT2D eigenvalue weighted by atomic mass is 32.2. The summed E-state index contributed by atoms with van der Waals surface area (Å²) in [4.78, 5) is 23.0. The highest BCUT2D eigenvalue weighted by Gasteiger charge is 2.32. The van der Waals surface area contributed by atoms with Gasteiger partial charge >= 0.3 is 11.9 Å². The number of nitrogens with one attached hydrogen (secondary N) is 1. The minimum atomic E-state index is -4.02. The number of esters is 1. The molecule has 0 amide bonds. The molecule has 1 aromatic carbocycles. The number of carbonyl (C=O) groups is 2. The Morgan fingerprint density at radius 2 is 2.08 bits per heavy atom. The van der Waals surface area contributed by atoms with E-state index in [1.165, 1.54) is 18.2 Å². The van der Waals surface area contributed by atoms with Crippen LogP contribution in [0, 0.1) is 5.92 Å². The van der Waals surface area contributed by atoms with E-state index in [1.54, 1.807) is 6.92 Å². The Morgan fingerprint density at radius 3 is 2.65 bits per heavy atom. The van der Waals surface area contributed by atoms with Crippen molar-refractivity contribution in [2.45, 2.75) is 50.7 Å². The lowest BCUT2D eigenvalue weighted by Gasteiger charge is -2.16. The number of carbonyl (C=O) groups excluding carboxylic acids is 1. The van der Waals surface area contributed by atoms with Crippen molar-refractivity contribution in [3.05, 3.63) is 23.8 Å². The van der Waals surface area contributed by atoms with Crippen LogP contribution in [0.25, 0.3) is 0 Å². The Hall–Kier alpha value is -2.13. The van der Waals surface area contributed by atoms with Crippen LogP contribution in [0.4, 0.5) is 0 Å². The van der Waals surface area contributed by atoms with Gasteiger partial charge in [-0.1, -0.05) is 13.8 Å². The average Bonchev–Trinajstić information content (AvgIpc) is 2.97. The molecule has 0 aliphatic carbocycles. The van der Waals surface area contributed by atoms with Crippen LogP contribution in [0.3, 0.4) is 0 Å². The van der Waals surface area contributed by atoms with Crippen molar-refractivity contribution in [2.24, 2.45) is 5.92 Å². The number of rotatable bonds is 8. The smallest absolute Gasteiger partial charge is 0.347 e. The summed E-state index contributed by atoms with van der Waals surface area (Å²) < 4.78 is 37.7. The molecule has 1 unspecified atom stereocenters. The molecular weight excluding hydrogens is 362 g/mol. The van der Waals surface area contributed by atoms with Crippen molar-refractivity contribution in [3.63, 3.8) is 0 Å². The van der Waals surface area contributed by atoms with E-state index in [0.29, 0.717) is 11.3 Å². The molecule has 1 aliphatic heterocycles. The third-order valence-corrected chi connectivity index (χ3v) is 5.34. The molecule has 26 heavy (non-hydrogen) atoms. The zero-order valence-corrected chi connectivity index (χ0v) is 15.7. The van der Waals surface area contributed by atoms with Gasteiger partial charge in [0.2, 0.25) is 10.0 Å². The molecule has 0 fully saturated rings. The second-order valence-corrected chi connectivity index (χ2v) is 8.19. The first-order valence-corrected chi connectivity index (χ1v) is 9.83. The second-order valence-electron chi connectivity index (χ2n) is 6.47. The Labute approximate surface area is 152 Å². The van der Waals surface area contributed by atoms with Crippen LogP contribution < -0.4 is 9.46 Å². The quantitative estimate of drug-likeness (QED) is 0.648.